The Bertz CT molecular complexity index is 892. The molecule has 0 unspecified atom stereocenters. The summed E-state index contributed by atoms with van der Waals surface area (Å²) < 4.78 is 2.53. The number of rotatable bonds is 4. The highest BCUT2D eigenvalue weighted by Gasteiger charge is 2.11. The molecule has 0 aliphatic carbocycles. The maximum Gasteiger partial charge on any atom is 0.335 e. The number of hydrogen-bond donors (Lipinski definition) is 2. The number of aryl methyl sites for hydroxylation is 1. The molecule has 1 atom stereocenters. The zero-order chi connectivity index (χ0) is 16.4. The van der Waals surface area contributed by atoms with Crippen molar-refractivity contribution in [3.8, 4) is 5.82 Å². The molecule has 3 rings (SSSR count). The van der Waals surface area contributed by atoms with Crippen molar-refractivity contribution >= 4 is 5.82 Å². The first-order valence-electron chi connectivity index (χ1n) is 7.22. The van der Waals surface area contributed by atoms with E-state index in [0.29, 0.717) is 11.6 Å². The van der Waals surface area contributed by atoms with Crippen LogP contribution in [0.3, 0.4) is 0 Å². The number of benzene rings is 1. The van der Waals surface area contributed by atoms with Crippen molar-refractivity contribution < 1.29 is 0 Å². The molecule has 0 bridgehead atoms. The normalized spacial score (nSPS) is 12.1. The van der Waals surface area contributed by atoms with Gasteiger partial charge in [-0.15, -0.1) is 0 Å². The third-order valence-electron chi connectivity index (χ3n) is 3.53. The molecule has 0 aliphatic heterocycles. The van der Waals surface area contributed by atoms with E-state index in [2.05, 4.69) is 15.4 Å². The van der Waals surface area contributed by atoms with Crippen molar-refractivity contribution in [2.75, 3.05) is 5.32 Å². The first-order chi connectivity index (χ1) is 11.0. The summed E-state index contributed by atoms with van der Waals surface area (Å²) in [5.74, 6) is 0.671. The molecule has 1 aromatic carbocycles. The predicted molar refractivity (Wildman–Crippen MR) is 87.9 cm³/mol. The van der Waals surface area contributed by atoms with Crippen molar-refractivity contribution in [2.45, 2.75) is 13.0 Å². The minimum atomic E-state index is -0.529. The zero-order valence-electron chi connectivity index (χ0n) is 12.9. The summed E-state index contributed by atoms with van der Waals surface area (Å²) in [7, 11) is 1.72. The highest BCUT2D eigenvalue weighted by Crippen LogP contribution is 2.15. The molecule has 0 radical (unpaired) electrons. The van der Waals surface area contributed by atoms with Crippen LogP contribution in [-0.2, 0) is 7.05 Å². The fourth-order valence-electron chi connectivity index (χ4n) is 2.37. The summed E-state index contributed by atoms with van der Waals surface area (Å²) in [5, 5.41) is 7.21. The Labute approximate surface area is 132 Å². The van der Waals surface area contributed by atoms with Gasteiger partial charge in [0.1, 0.15) is 5.82 Å². The van der Waals surface area contributed by atoms with Crippen LogP contribution in [0.25, 0.3) is 5.82 Å². The van der Waals surface area contributed by atoms with Gasteiger partial charge in [-0.3, -0.25) is 14.5 Å². The molecule has 3 aromatic rings. The summed E-state index contributed by atoms with van der Waals surface area (Å²) in [6.07, 6.45) is 1.67. The van der Waals surface area contributed by atoms with E-state index >= 15 is 0 Å². The highest BCUT2D eigenvalue weighted by atomic mass is 16.2. The minimum Gasteiger partial charge on any atom is -0.365 e. The van der Waals surface area contributed by atoms with E-state index in [9.17, 15) is 9.59 Å². The average Bonchev–Trinajstić information content (AvgIpc) is 2.93. The van der Waals surface area contributed by atoms with E-state index in [1.807, 2.05) is 37.3 Å². The Hall–Kier alpha value is -3.09. The minimum absolute atomic E-state index is 0.0445. The average molecular weight is 311 g/mol. The lowest BCUT2D eigenvalue weighted by atomic mass is 10.1. The molecule has 2 aromatic heterocycles. The maximum atomic E-state index is 12.2. The third kappa shape index (κ3) is 3.08. The van der Waals surface area contributed by atoms with E-state index in [4.69, 9.17) is 0 Å². The maximum absolute atomic E-state index is 12.2. The smallest absolute Gasteiger partial charge is 0.335 e. The third-order valence-corrected chi connectivity index (χ3v) is 3.53. The van der Waals surface area contributed by atoms with Gasteiger partial charge in [-0.1, -0.05) is 30.3 Å². The molecular formula is C16H17N5O2. The molecule has 7 nitrogen and oxygen atoms in total. The van der Waals surface area contributed by atoms with Gasteiger partial charge >= 0.3 is 5.69 Å². The van der Waals surface area contributed by atoms with Crippen LogP contribution in [0.2, 0.25) is 0 Å². The molecular weight excluding hydrogens is 294 g/mol. The van der Waals surface area contributed by atoms with Crippen LogP contribution in [0, 0.1) is 0 Å². The number of nitrogens with zero attached hydrogens (tertiary/aromatic N) is 3. The number of aromatic amines is 1. The number of anilines is 1. The topological polar surface area (TPSA) is 84.7 Å². The molecule has 0 aliphatic rings. The monoisotopic (exact) mass is 311 g/mol. The van der Waals surface area contributed by atoms with Gasteiger partial charge in [-0.05, 0) is 12.5 Å². The van der Waals surface area contributed by atoms with Crippen LogP contribution in [0.5, 0.6) is 0 Å². The summed E-state index contributed by atoms with van der Waals surface area (Å²) in [6.45, 7) is 1.96. The molecule has 2 heterocycles. The van der Waals surface area contributed by atoms with E-state index in [1.165, 1.54) is 10.7 Å². The van der Waals surface area contributed by atoms with Gasteiger partial charge in [0.2, 0.25) is 0 Å². The van der Waals surface area contributed by atoms with Crippen molar-refractivity contribution in [2.24, 2.45) is 7.05 Å². The standard InChI is InChI=1S/C16H17N5O2/c1-11(12-6-4-3-5-7-12)17-13-10-15(22)21(16(23)18-13)14-8-9-20(2)19-14/h3-11,17H,1-2H3,(H,18,23)/t11-/m0/s1. The van der Waals surface area contributed by atoms with Crippen molar-refractivity contribution in [1.82, 2.24) is 19.3 Å². The predicted octanol–water partition coefficient (Wildman–Crippen LogP) is 1.43. The summed E-state index contributed by atoms with van der Waals surface area (Å²) in [5.41, 5.74) is 0.0939. The summed E-state index contributed by atoms with van der Waals surface area (Å²) in [6, 6.07) is 12.7. The molecule has 0 saturated carbocycles. The first kappa shape index (κ1) is 14.8. The van der Waals surface area contributed by atoms with E-state index in [1.54, 1.807) is 19.3 Å². The van der Waals surface area contributed by atoms with Gasteiger partial charge in [-0.25, -0.2) is 9.36 Å². The van der Waals surface area contributed by atoms with Crippen LogP contribution >= 0.6 is 0 Å². The molecule has 0 amide bonds. The van der Waals surface area contributed by atoms with Gasteiger partial charge in [0.25, 0.3) is 5.56 Å². The van der Waals surface area contributed by atoms with Crippen LogP contribution < -0.4 is 16.6 Å². The summed E-state index contributed by atoms with van der Waals surface area (Å²) in [4.78, 5) is 27.1. The van der Waals surface area contributed by atoms with Gasteiger partial charge in [0.05, 0.1) is 0 Å². The molecule has 7 heteroatoms. The Morgan fingerprint density at radius 3 is 2.52 bits per heavy atom. The lowest BCUT2D eigenvalue weighted by Crippen LogP contribution is -2.34. The molecule has 0 spiro atoms. The Balaban J connectivity index is 1.91. The molecule has 0 saturated heterocycles. The second kappa shape index (κ2) is 5.96. The van der Waals surface area contributed by atoms with Crippen LogP contribution in [0.1, 0.15) is 18.5 Å². The van der Waals surface area contributed by atoms with Crippen molar-refractivity contribution in [3.05, 3.63) is 75.1 Å². The van der Waals surface area contributed by atoms with Crippen molar-refractivity contribution in [1.29, 1.82) is 0 Å². The Kier molecular flexibility index (Phi) is 3.84. The fourth-order valence-corrected chi connectivity index (χ4v) is 2.37. The fraction of sp³-hybridized carbons (Fsp3) is 0.188. The lowest BCUT2D eigenvalue weighted by molar-refractivity contribution is 0.733. The van der Waals surface area contributed by atoms with E-state index < -0.39 is 11.2 Å². The van der Waals surface area contributed by atoms with Crippen LogP contribution in [-0.4, -0.2) is 19.3 Å². The lowest BCUT2D eigenvalue weighted by Gasteiger charge is -2.15. The second-order valence-electron chi connectivity index (χ2n) is 5.29. The van der Waals surface area contributed by atoms with E-state index in [-0.39, 0.29) is 6.04 Å². The van der Waals surface area contributed by atoms with Gasteiger partial charge in [0, 0.05) is 31.4 Å². The molecule has 2 N–H and O–H groups in total. The quantitative estimate of drug-likeness (QED) is 0.763. The van der Waals surface area contributed by atoms with Gasteiger partial charge < -0.3 is 5.32 Å². The second-order valence-corrected chi connectivity index (χ2v) is 5.29. The van der Waals surface area contributed by atoms with Crippen LogP contribution in [0.15, 0.2) is 58.3 Å². The zero-order valence-corrected chi connectivity index (χ0v) is 12.9. The number of hydrogen-bond acceptors (Lipinski definition) is 4. The number of H-pyrrole nitrogens is 1. The molecule has 118 valence electrons. The number of nitrogens with one attached hydrogen (secondary N) is 2. The first-order valence-corrected chi connectivity index (χ1v) is 7.22. The molecule has 0 fully saturated rings. The highest BCUT2D eigenvalue weighted by molar-refractivity contribution is 5.37. The summed E-state index contributed by atoms with van der Waals surface area (Å²) >= 11 is 0. The molecule has 23 heavy (non-hydrogen) atoms. The van der Waals surface area contributed by atoms with E-state index in [0.717, 1.165) is 10.1 Å². The van der Waals surface area contributed by atoms with Crippen molar-refractivity contribution in [3.63, 3.8) is 0 Å². The van der Waals surface area contributed by atoms with Gasteiger partial charge in [-0.2, -0.15) is 5.10 Å². The van der Waals surface area contributed by atoms with Gasteiger partial charge in [0.15, 0.2) is 5.82 Å². The Morgan fingerprint density at radius 1 is 1.17 bits per heavy atom. The Morgan fingerprint density at radius 2 is 1.91 bits per heavy atom. The SMILES string of the molecule is C[C@H](Nc1cc(=O)n(-c2ccn(C)n2)c(=O)[nH]1)c1ccccc1. The van der Waals surface area contributed by atoms with Crippen LogP contribution in [0.4, 0.5) is 5.82 Å². The number of aromatic nitrogens is 4. The largest absolute Gasteiger partial charge is 0.365 e.